The average molecular weight is 295 g/mol. The van der Waals surface area contributed by atoms with Gasteiger partial charge in [-0.2, -0.15) is 0 Å². The number of hydrogen-bond acceptors (Lipinski definition) is 5. The lowest BCUT2D eigenvalue weighted by Crippen LogP contribution is -2.06. The second-order valence-corrected chi connectivity index (χ2v) is 4.67. The van der Waals surface area contributed by atoms with Gasteiger partial charge in [0.2, 0.25) is 0 Å². The molecule has 1 aliphatic heterocycles. The van der Waals surface area contributed by atoms with Gasteiger partial charge in [0, 0.05) is 5.56 Å². The van der Waals surface area contributed by atoms with Crippen LogP contribution in [-0.4, -0.2) is 23.9 Å². The Kier molecular flexibility index (Phi) is 3.62. The van der Waals surface area contributed by atoms with E-state index in [-0.39, 0.29) is 5.75 Å². The van der Waals surface area contributed by atoms with Crippen molar-refractivity contribution >= 4 is 17.8 Å². The molecule has 3 rings (SSSR count). The molecule has 0 radical (unpaired) electrons. The van der Waals surface area contributed by atoms with Crippen molar-refractivity contribution in [2.45, 2.75) is 0 Å². The van der Waals surface area contributed by atoms with E-state index in [1.165, 1.54) is 13.2 Å². The lowest BCUT2D eigenvalue weighted by Gasteiger charge is -2.04. The normalized spacial score (nSPS) is 15.6. The second kappa shape index (κ2) is 5.73. The number of carbonyl (C=O) groups is 1. The standard InChI is InChI=1S/C17H13NO4/c1-21-15-8-7-11(10-14(15)19)9-13-16(18-22-17(13)20)12-5-3-2-4-6-12/h2-10,19H,1H3/b13-9-. The smallest absolute Gasteiger partial charge is 0.368 e. The molecule has 22 heavy (non-hydrogen) atoms. The predicted octanol–water partition coefficient (Wildman–Crippen LogP) is 2.75. The van der Waals surface area contributed by atoms with E-state index in [0.717, 1.165) is 5.56 Å². The van der Waals surface area contributed by atoms with E-state index in [1.54, 1.807) is 18.2 Å². The summed E-state index contributed by atoms with van der Waals surface area (Å²) >= 11 is 0. The highest BCUT2D eigenvalue weighted by Crippen LogP contribution is 2.28. The molecular weight excluding hydrogens is 282 g/mol. The summed E-state index contributed by atoms with van der Waals surface area (Å²) in [6.45, 7) is 0. The van der Waals surface area contributed by atoms with Crippen molar-refractivity contribution in [3.8, 4) is 11.5 Å². The summed E-state index contributed by atoms with van der Waals surface area (Å²) in [4.78, 5) is 16.7. The SMILES string of the molecule is COc1ccc(/C=C2\C(=O)ON=C2c2ccccc2)cc1O. The average Bonchev–Trinajstić information content (AvgIpc) is 2.89. The number of hydrogen-bond donors (Lipinski definition) is 1. The Morgan fingerprint density at radius 3 is 2.64 bits per heavy atom. The number of aromatic hydroxyl groups is 1. The molecule has 0 saturated carbocycles. The molecular formula is C17H13NO4. The maximum absolute atomic E-state index is 11.9. The van der Waals surface area contributed by atoms with Crippen LogP contribution in [0.3, 0.4) is 0 Å². The van der Waals surface area contributed by atoms with Crippen LogP contribution in [0.1, 0.15) is 11.1 Å². The fourth-order valence-electron chi connectivity index (χ4n) is 2.18. The zero-order chi connectivity index (χ0) is 15.5. The van der Waals surface area contributed by atoms with Crippen molar-refractivity contribution in [1.82, 2.24) is 0 Å². The summed E-state index contributed by atoms with van der Waals surface area (Å²) in [5.74, 6) is -0.149. The zero-order valence-corrected chi connectivity index (χ0v) is 11.8. The number of rotatable bonds is 3. The van der Waals surface area contributed by atoms with Gasteiger partial charge in [0.25, 0.3) is 0 Å². The van der Waals surface area contributed by atoms with Gasteiger partial charge in [0.1, 0.15) is 5.71 Å². The lowest BCUT2D eigenvalue weighted by molar-refractivity contribution is -0.136. The van der Waals surface area contributed by atoms with Crippen LogP contribution in [0, 0.1) is 0 Å². The monoisotopic (exact) mass is 295 g/mol. The van der Waals surface area contributed by atoms with E-state index in [4.69, 9.17) is 9.57 Å². The second-order valence-electron chi connectivity index (χ2n) is 4.67. The molecule has 0 bridgehead atoms. The molecule has 2 aromatic carbocycles. The quantitative estimate of drug-likeness (QED) is 0.698. The molecule has 1 N–H and O–H groups in total. The summed E-state index contributed by atoms with van der Waals surface area (Å²) in [5.41, 5.74) is 2.25. The van der Waals surface area contributed by atoms with Gasteiger partial charge in [-0.25, -0.2) is 4.79 Å². The van der Waals surface area contributed by atoms with Crippen molar-refractivity contribution in [2.75, 3.05) is 7.11 Å². The molecule has 2 aromatic rings. The van der Waals surface area contributed by atoms with E-state index >= 15 is 0 Å². The van der Waals surface area contributed by atoms with Crippen LogP contribution in [0.4, 0.5) is 0 Å². The van der Waals surface area contributed by atoms with E-state index in [0.29, 0.717) is 22.6 Å². The van der Waals surface area contributed by atoms with Crippen LogP contribution in [0.5, 0.6) is 11.5 Å². The minimum atomic E-state index is -0.519. The molecule has 5 heteroatoms. The third-order valence-electron chi connectivity index (χ3n) is 3.26. The first-order valence-electron chi connectivity index (χ1n) is 6.63. The first-order valence-corrected chi connectivity index (χ1v) is 6.63. The molecule has 110 valence electrons. The van der Waals surface area contributed by atoms with E-state index in [9.17, 15) is 9.90 Å². The Balaban J connectivity index is 2.00. The number of carbonyl (C=O) groups excluding carboxylic acids is 1. The van der Waals surface area contributed by atoms with E-state index in [2.05, 4.69) is 5.16 Å². The van der Waals surface area contributed by atoms with Gasteiger partial charge in [0.05, 0.1) is 12.7 Å². The Morgan fingerprint density at radius 1 is 1.18 bits per heavy atom. The predicted molar refractivity (Wildman–Crippen MR) is 81.7 cm³/mol. The summed E-state index contributed by atoms with van der Waals surface area (Å²) in [5, 5.41) is 13.6. The number of nitrogens with zero attached hydrogens (tertiary/aromatic N) is 1. The Morgan fingerprint density at radius 2 is 1.95 bits per heavy atom. The van der Waals surface area contributed by atoms with Crippen molar-refractivity contribution < 1.29 is 19.5 Å². The molecule has 0 fully saturated rings. The van der Waals surface area contributed by atoms with Gasteiger partial charge in [-0.15, -0.1) is 0 Å². The Hall–Kier alpha value is -3.08. The number of phenols is 1. The van der Waals surface area contributed by atoms with E-state index in [1.807, 2.05) is 30.3 Å². The molecule has 1 aliphatic rings. The lowest BCUT2D eigenvalue weighted by atomic mass is 10.0. The van der Waals surface area contributed by atoms with Crippen LogP contribution >= 0.6 is 0 Å². The summed E-state index contributed by atoms with van der Waals surface area (Å²) < 4.78 is 5.00. The number of phenolic OH excluding ortho intramolecular Hbond substituents is 1. The minimum absolute atomic E-state index is 0.00131. The largest absolute Gasteiger partial charge is 0.504 e. The van der Waals surface area contributed by atoms with Crippen LogP contribution in [-0.2, 0) is 9.63 Å². The molecule has 0 unspecified atom stereocenters. The molecule has 5 nitrogen and oxygen atoms in total. The highest BCUT2D eigenvalue weighted by atomic mass is 16.7. The fourth-order valence-corrected chi connectivity index (χ4v) is 2.18. The van der Waals surface area contributed by atoms with Crippen molar-refractivity contribution in [3.63, 3.8) is 0 Å². The Labute approximate surface area is 127 Å². The topological polar surface area (TPSA) is 68.1 Å². The van der Waals surface area contributed by atoms with Crippen LogP contribution in [0.2, 0.25) is 0 Å². The number of ether oxygens (including phenoxy) is 1. The van der Waals surface area contributed by atoms with Gasteiger partial charge in [-0.1, -0.05) is 41.6 Å². The van der Waals surface area contributed by atoms with Crippen LogP contribution < -0.4 is 4.74 Å². The van der Waals surface area contributed by atoms with Crippen molar-refractivity contribution in [2.24, 2.45) is 5.16 Å². The summed E-state index contributed by atoms with van der Waals surface area (Å²) in [6.07, 6.45) is 1.63. The van der Waals surface area contributed by atoms with Gasteiger partial charge < -0.3 is 14.7 Å². The first kappa shape index (κ1) is 13.9. The Bertz CT molecular complexity index is 779. The maximum atomic E-state index is 11.9. The van der Waals surface area contributed by atoms with E-state index < -0.39 is 5.97 Å². The summed E-state index contributed by atoms with van der Waals surface area (Å²) in [7, 11) is 1.47. The molecule has 0 aliphatic carbocycles. The van der Waals surface area contributed by atoms with Crippen molar-refractivity contribution in [1.29, 1.82) is 0 Å². The van der Waals surface area contributed by atoms with Gasteiger partial charge in [-0.3, -0.25) is 0 Å². The van der Waals surface area contributed by atoms with Crippen molar-refractivity contribution in [3.05, 3.63) is 65.2 Å². The molecule has 0 atom stereocenters. The molecule has 0 saturated heterocycles. The third kappa shape index (κ3) is 2.56. The summed E-state index contributed by atoms with van der Waals surface area (Å²) in [6, 6.07) is 14.2. The number of benzene rings is 2. The zero-order valence-electron chi connectivity index (χ0n) is 11.8. The van der Waals surface area contributed by atoms with Crippen LogP contribution in [0.25, 0.3) is 6.08 Å². The van der Waals surface area contributed by atoms with Gasteiger partial charge >= 0.3 is 5.97 Å². The fraction of sp³-hybridized carbons (Fsp3) is 0.0588. The molecule has 0 amide bonds. The minimum Gasteiger partial charge on any atom is -0.504 e. The molecule has 1 heterocycles. The molecule has 0 aromatic heterocycles. The van der Waals surface area contributed by atoms with Gasteiger partial charge in [-0.05, 0) is 23.8 Å². The van der Waals surface area contributed by atoms with Gasteiger partial charge in [0.15, 0.2) is 11.5 Å². The highest BCUT2D eigenvalue weighted by Gasteiger charge is 2.26. The third-order valence-corrected chi connectivity index (χ3v) is 3.26. The highest BCUT2D eigenvalue weighted by molar-refractivity contribution is 6.31. The number of oxime groups is 1. The molecule has 0 spiro atoms. The number of methoxy groups -OCH3 is 1. The van der Waals surface area contributed by atoms with Crippen LogP contribution in [0.15, 0.2) is 59.3 Å². The maximum Gasteiger partial charge on any atom is 0.368 e. The first-order chi connectivity index (χ1) is 10.7.